The van der Waals surface area contributed by atoms with Gasteiger partial charge in [0.05, 0.1) is 28.8 Å². The van der Waals surface area contributed by atoms with Gasteiger partial charge in [0.25, 0.3) is 0 Å². The van der Waals surface area contributed by atoms with Gasteiger partial charge in [-0.3, -0.25) is 0 Å². The van der Waals surface area contributed by atoms with Crippen molar-refractivity contribution in [3.8, 4) is 5.69 Å². The van der Waals surface area contributed by atoms with Gasteiger partial charge in [-0.05, 0) is 61.5 Å². The van der Waals surface area contributed by atoms with Gasteiger partial charge in [-0.25, -0.2) is 19.1 Å². The molecule has 3 heterocycles. The topological polar surface area (TPSA) is 57.8 Å². The number of aromatic nitrogens is 2. The molecule has 7 rings (SSSR count). The number of hydrogen-bond donors (Lipinski definition) is 1. The van der Waals surface area contributed by atoms with Crippen molar-refractivity contribution in [3.63, 3.8) is 0 Å². The molecule has 8 heteroatoms. The number of fused-ring (bicyclic) bond motifs is 4. The van der Waals surface area contributed by atoms with Crippen molar-refractivity contribution in [2.45, 2.75) is 13.0 Å². The van der Waals surface area contributed by atoms with Crippen LogP contribution in [0.4, 0.5) is 27.3 Å². The van der Waals surface area contributed by atoms with E-state index in [1.807, 2.05) is 103 Å². The van der Waals surface area contributed by atoms with Crippen molar-refractivity contribution in [3.05, 3.63) is 131 Å². The third-order valence-corrected chi connectivity index (χ3v) is 7.20. The summed E-state index contributed by atoms with van der Waals surface area (Å²) in [6.07, 6.45) is 0. The summed E-state index contributed by atoms with van der Waals surface area (Å²) in [4.78, 5) is 12.2. The van der Waals surface area contributed by atoms with Gasteiger partial charge in [-0.2, -0.15) is 5.10 Å². The number of rotatable bonds is 3. The van der Waals surface area contributed by atoms with Crippen LogP contribution in [0.5, 0.6) is 0 Å². The first-order chi connectivity index (χ1) is 19.1. The Morgan fingerprint density at radius 2 is 1.54 bits per heavy atom. The van der Waals surface area contributed by atoms with Crippen LogP contribution in [-0.2, 0) is 0 Å². The standard InChI is InChI=1S/C31H22ClFN6/c1-19-27-28(23-11-5-6-12-24(23)33)38-26-14-8-7-13-25(26)35-29(34-21-17-15-20(32)16-18-21)31(38)36-30(27)39(37-19)22-9-3-2-4-10-22/h2-18,28H,1H3,(H,34,35)/t28-/m0/s1. The monoisotopic (exact) mass is 532 g/mol. The molecule has 5 aromatic rings. The summed E-state index contributed by atoms with van der Waals surface area (Å²) in [5.74, 6) is 1.46. The maximum Gasteiger partial charge on any atom is 0.179 e. The summed E-state index contributed by atoms with van der Waals surface area (Å²) in [6, 6.07) is 31.4. The minimum absolute atomic E-state index is 0.297. The molecule has 0 fully saturated rings. The van der Waals surface area contributed by atoms with E-state index in [0.717, 1.165) is 34.0 Å². The number of para-hydroxylation sites is 3. The Balaban J connectivity index is 1.51. The van der Waals surface area contributed by atoms with E-state index in [4.69, 9.17) is 26.7 Å². The molecule has 0 spiro atoms. The molecule has 2 aliphatic rings. The first-order valence-electron chi connectivity index (χ1n) is 12.6. The second-order valence-corrected chi connectivity index (χ2v) is 9.82. The van der Waals surface area contributed by atoms with Crippen molar-refractivity contribution in [1.82, 2.24) is 9.78 Å². The molecule has 6 nitrogen and oxygen atoms in total. The molecule has 1 N–H and O–H groups in total. The highest BCUT2D eigenvalue weighted by Gasteiger charge is 2.42. The van der Waals surface area contributed by atoms with E-state index in [9.17, 15) is 0 Å². The Kier molecular flexibility index (Phi) is 5.52. The predicted octanol–water partition coefficient (Wildman–Crippen LogP) is 7.77. The van der Waals surface area contributed by atoms with Crippen LogP contribution >= 0.6 is 11.6 Å². The lowest BCUT2D eigenvalue weighted by Gasteiger charge is -2.40. The summed E-state index contributed by atoms with van der Waals surface area (Å²) in [6.45, 7) is 1.95. The van der Waals surface area contributed by atoms with Crippen LogP contribution in [0.1, 0.15) is 22.9 Å². The van der Waals surface area contributed by atoms with Gasteiger partial charge < -0.3 is 10.2 Å². The predicted molar refractivity (Wildman–Crippen MR) is 155 cm³/mol. The maximum absolute atomic E-state index is 15.6. The molecule has 2 aliphatic heterocycles. The molecule has 0 amide bonds. The molecule has 0 radical (unpaired) electrons. The van der Waals surface area contributed by atoms with Crippen molar-refractivity contribution in [1.29, 1.82) is 0 Å². The third-order valence-electron chi connectivity index (χ3n) is 6.95. The van der Waals surface area contributed by atoms with Crippen LogP contribution in [0.3, 0.4) is 0 Å². The van der Waals surface area contributed by atoms with E-state index >= 15 is 4.39 Å². The lowest BCUT2D eigenvalue weighted by Crippen LogP contribution is -2.46. The largest absolute Gasteiger partial charge is 0.337 e. The number of aliphatic imine (C=N–C) groups is 2. The highest BCUT2D eigenvalue weighted by molar-refractivity contribution is 6.51. The first-order valence-corrected chi connectivity index (χ1v) is 12.9. The first kappa shape index (κ1) is 23.4. The Morgan fingerprint density at radius 1 is 0.821 bits per heavy atom. The van der Waals surface area contributed by atoms with Crippen molar-refractivity contribution in [2.75, 3.05) is 10.2 Å². The Bertz CT molecular complexity index is 1780. The molecule has 0 saturated carbocycles. The van der Waals surface area contributed by atoms with Gasteiger partial charge in [0.1, 0.15) is 5.82 Å². The van der Waals surface area contributed by atoms with E-state index < -0.39 is 6.04 Å². The number of nitrogens with zero attached hydrogens (tertiary/aromatic N) is 5. The number of hydrogen-bond acceptors (Lipinski definition) is 5. The summed E-state index contributed by atoms with van der Waals surface area (Å²) < 4.78 is 17.4. The summed E-state index contributed by atoms with van der Waals surface area (Å²) in [7, 11) is 0. The van der Waals surface area contributed by atoms with Crippen molar-refractivity contribution >= 4 is 46.2 Å². The molecular weight excluding hydrogens is 511 g/mol. The summed E-state index contributed by atoms with van der Waals surface area (Å²) in [5.41, 5.74) is 5.42. The lowest BCUT2D eigenvalue weighted by atomic mass is 9.93. The molecule has 0 saturated heterocycles. The Morgan fingerprint density at radius 3 is 2.33 bits per heavy atom. The zero-order chi connectivity index (χ0) is 26.5. The second-order valence-electron chi connectivity index (χ2n) is 9.38. The van der Waals surface area contributed by atoms with E-state index in [-0.39, 0.29) is 5.82 Å². The smallest absolute Gasteiger partial charge is 0.179 e. The SMILES string of the molecule is Cc1nn(-c2ccccc2)c2c1[C@H](c1ccccc1F)N1C(=N2)C(Nc2ccc(Cl)cc2)=Nc2ccccc21. The molecule has 1 aromatic heterocycles. The summed E-state index contributed by atoms with van der Waals surface area (Å²) >= 11 is 6.13. The average Bonchev–Trinajstić information content (AvgIpc) is 3.30. The summed E-state index contributed by atoms with van der Waals surface area (Å²) in [5, 5.41) is 8.95. The number of anilines is 2. The van der Waals surface area contributed by atoms with Gasteiger partial charge in [0, 0.05) is 21.8 Å². The number of nitrogens with one attached hydrogen (secondary N) is 1. The third kappa shape index (κ3) is 3.90. The quantitative estimate of drug-likeness (QED) is 0.258. The van der Waals surface area contributed by atoms with Gasteiger partial charge in [-0.1, -0.05) is 60.1 Å². The number of amidine groups is 2. The zero-order valence-electron chi connectivity index (χ0n) is 20.9. The highest BCUT2D eigenvalue weighted by atomic mass is 35.5. The van der Waals surface area contributed by atoms with Crippen LogP contribution in [0.2, 0.25) is 5.02 Å². The fraction of sp³-hybridized carbons (Fsp3) is 0.0645. The van der Waals surface area contributed by atoms with E-state index in [2.05, 4.69) is 10.2 Å². The molecule has 1 atom stereocenters. The average molecular weight is 533 g/mol. The van der Waals surface area contributed by atoms with Crippen LogP contribution in [-0.4, -0.2) is 21.5 Å². The minimum atomic E-state index is -0.523. The second kappa shape index (κ2) is 9.22. The van der Waals surface area contributed by atoms with E-state index in [1.54, 1.807) is 6.07 Å². The van der Waals surface area contributed by atoms with Gasteiger partial charge >= 0.3 is 0 Å². The molecular formula is C31H22ClFN6. The number of benzene rings is 4. The molecule has 0 unspecified atom stereocenters. The fourth-order valence-corrected chi connectivity index (χ4v) is 5.33. The molecule has 190 valence electrons. The molecule has 0 bridgehead atoms. The minimum Gasteiger partial charge on any atom is -0.337 e. The molecule has 0 aliphatic carbocycles. The van der Waals surface area contributed by atoms with Crippen LogP contribution in [0.25, 0.3) is 5.69 Å². The molecule has 4 aromatic carbocycles. The van der Waals surface area contributed by atoms with Gasteiger partial charge in [0.2, 0.25) is 0 Å². The highest BCUT2D eigenvalue weighted by Crippen LogP contribution is 2.48. The maximum atomic E-state index is 15.6. The fourth-order valence-electron chi connectivity index (χ4n) is 5.21. The van der Waals surface area contributed by atoms with Crippen LogP contribution < -0.4 is 10.2 Å². The normalized spacial score (nSPS) is 15.6. The Labute approximate surface area is 229 Å². The number of aryl methyl sites for hydroxylation is 1. The van der Waals surface area contributed by atoms with Gasteiger partial charge in [-0.15, -0.1) is 0 Å². The van der Waals surface area contributed by atoms with E-state index in [1.165, 1.54) is 6.07 Å². The van der Waals surface area contributed by atoms with Crippen LogP contribution in [0.15, 0.2) is 113 Å². The van der Waals surface area contributed by atoms with Crippen LogP contribution in [0, 0.1) is 12.7 Å². The van der Waals surface area contributed by atoms with Gasteiger partial charge in [0.15, 0.2) is 17.5 Å². The Hall–Kier alpha value is -4.75. The lowest BCUT2D eigenvalue weighted by molar-refractivity contribution is 0.597. The zero-order valence-corrected chi connectivity index (χ0v) is 21.6. The number of halogens is 2. The van der Waals surface area contributed by atoms with E-state index in [0.29, 0.717) is 28.1 Å². The molecule has 39 heavy (non-hydrogen) atoms. The van der Waals surface area contributed by atoms with Crippen molar-refractivity contribution < 1.29 is 4.39 Å². The van der Waals surface area contributed by atoms with Crippen molar-refractivity contribution in [2.24, 2.45) is 9.98 Å².